The summed E-state index contributed by atoms with van der Waals surface area (Å²) < 4.78 is 57.9. The maximum absolute atomic E-state index is 15.3. The van der Waals surface area contributed by atoms with E-state index in [1.54, 1.807) is 6.07 Å². The number of nitrogens with zero attached hydrogens (tertiary/aromatic N) is 3. The molecule has 0 aliphatic carbocycles. The molecule has 45 heavy (non-hydrogen) atoms. The fourth-order valence-corrected chi connectivity index (χ4v) is 8.05. The Labute approximate surface area is 267 Å². The van der Waals surface area contributed by atoms with E-state index in [-0.39, 0.29) is 22.8 Å². The van der Waals surface area contributed by atoms with Gasteiger partial charge < -0.3 is 14.1 Å². The van der Waals surface area contributed by atoms with Gasteiger partial charge >= 0.3 is 0 Å². The van der Waals surface area contributed by atoms with Gasteiger partial charge in [-0.1, -0.05) is 34.6 Å². The highest BCUT2D eigenvalue weighted by Crippen LogP contribution is 2.41. The van der Waals surface area contributed by atoms with Gasteiger partial charge in [-0.25, -0.2) is 18.2 Å². The zero-order valence-corrected chi connectivity index (χ0v) is 28.8. The first-order chi connectivity index (χ1) is 21.2. The van der Waals surface area contributed by atoms with Gasteiger partial charge in [-0.3, -0.25) is 4.98 Å². The number of piperidine rings is 1. The van der Waals surface area contributed by atoms with Crippen LogP contribution in [-0.4, -0.2) is 50.7 Å². The Hall–Kier alpha value is -2.75. The summed E-state index contributed by atoms with van der Waals surface area (Å²) in [5.74, 6) is -1.60. The summed E-state index contributed by atoms with van der Waals surface area (Å²) in [5.41, 5.74) is 2.62. The Morgan fingerprint density at radius 2 is 1.58 bits per heavy atom. The first-order valence-electron chi connectivity index (χ1n) is 16.3. The fourth-order valence-electron chi connectivity index (χ4n) is 6.55. The van der Waals surface area contributed by atoms with E-state index in [0.717, 1.165) is 24.3 Å². The van der Waals surface area contributed by atoms with Crippen molar-refractivity contribution in [3.8, 4) is 11.3 Å². The highest BCUT2D eigenvalue weighted by molar-refractivity contribution is 6.74. The number of hydrogen-bond donors (Lipinski definition) is 0. The van der Waals surface area contributed by atoms with E-state index in [9.17, 15) is 4.39 Å². The highest BCUT2D eigenvalue weighted by Gasteiger charge is 2.43. The Morgan fingerprint density at radius 3 is 2.20 bits per heavy atom. The molecule has 2 fully saturated rings. The molecular weight excluding hydrogens is 591 g/mol. The molecule has 5 rings (SSSR count). The van der Waals surface area contributed by atoms with Gasteiger partial charge in [0.05, 0.1) is 11.7 Å². The van der Waals surface area contributed by atoms with Crippen molar-refractivity contribution in [1.29, 1.82) is 0 Å². The molecular formula is C36H48F3N3O2Si. The molecule has 2 aliphatic rings. The summed E-state index contributed by atoms with van der Waals surface area (Å²) in [5, 5.41) is 0.155. The molecule has 244 valence electrons. The summed E-state index contributed by atoms with van der Waals surface area (Å²) in [7, 11) is -1.90. The molecule has 0 bridgehead atoms. The van der Waals surface area contributed by atoms with Crippen molar-refractivity contribution in [2.75, 3.05) is 31.2 Å². The number of aromatic nitrogens is 2. The molecule has 4 heterocycles. The highest BCUT2D eigenvalue weighted by atomic mass is 28.4. The predicted molar refractivity (Wildman–Crippen MR) is 177 cm³/mol. The zero-order chi connectivity index (χ0) is 32.5. The van der Waals surface area contributed by atoms with Crippen LogP contribution in [0.25, 0.3) is 11.3 Å². The van der Waals surface area contributed by atoms with Crippen molar-refractivity contribution < 1.29 is 22.3 Å². The lowest BCUT2D eigenvalue weighted by Gasteiger charge is -2.48. The predicted octanol–water partition coefficient (Wildman–Crippen LogP) is 8.72. The van der Waals surface area contributed by atoms with Crippen LogP contribution in [0.2, 0.25) is 18.1 Å². The average molecular weight is 640 g/mol. The summed E-state index contributed by atoms with van der Waals surface area (Å²) in [6, 6.07) is 7.55. The summed E-state index contributed by atoms with van der Waals surface area (Å²) in [6.07, 6.45) is 6.40. The standard InChI is InChI=1S/C36H48F3N3O2Si/c1-23-21-42(22-24(2)35(23)44-45(6,7)36(3,4)5)32-12-15-40-20-26(32)8-9-28-10-11-29(37)34(41-28)33-30(38)18-27(19-31(33)39)25-13-16-43-17-14-25/h10-12,15,18-20,23-25,35H,8-9,13-14,16-17,21-22H2,1-7H3/t23-,24+,35?. The number of pyridine rings is 2. The van der Waals surface area contributed by atoms with Crippen molar-refractivity contribution in [2.24, 2.45) is 11.8 Å². The molecule has 0 saturated carbocycles. The van der Waals surface area contributed by atoms with E-state index in [1.807, 2.05) is 12.4 Å². The second kappa shape index (κ2) is 13.5. The molecule has 0 radical (unpaired) electrons. The molecule has 3 atom stereocenters. The molecule has 1 aromatic carbocycles. The Kier molecular flexibility index (Phi) is 10.1. The maximum Gasteiger partial charge on any atom is 0.192 e. The van der Waals surface area contributed by atoms with E-state index in [4.69, 9.17) is 9.16 Å². The van der Waals surface area contributed by atoms with Gasteiger partial charge in [0.1, 0.15) is 23.1 Å². The van der Waals surface area contributed by atoms with E-state index in [1.165, 1.54) is 18.2 Å². The van der Waals surface area contributed by atoms with Crippen molar-refractivity contribution in [3.63, 3.8) is 0 Å². The van der Waals surface area contributed by atoms with Crippen molar-refractivity contribution in [3.05, 3.63) is 77.0 Å². The molecule has 5 nitrogen and oxygen atoms in total. The molecule has 0 spiro atoms. The van der Waals surface area contributed by atoms with Crippen molar-refractivity contribution in [1.82, 2.24) is 9.97 Å². The zero-order valence-electron chi connectivity index (χ0n) is 27.8. The number of rotatable bonds is 8. The van der Waals surface area contributed by atoms with E-state index in [0.29, 0.717) is 62.0 Å². The second-order valence-corrected chi connectivity index (χ2v) is 19.3. The largest absolute Gasteiger partial charge is 0.413 e. The van der Waals surface area contributed by atoms with Gasteiger partial charge in [0.15, 0.2) is 8.32 Å². The minimum absolute atomic E-state index is 0.0242. The first-order valence-corrected chi connectivity index (χ1v) is 19.2. The van der Waals surface area contributed by atoms with Gasteiger partial charge in [-0.2, -0.15) is 0 Å². The van der Waals surface area contributed by atoms with Crippen LogP contribution < -0.4 is 4.90 Å². The molecule has 1 unspecified atom stereocenters. The lowest BCUT2D eigenvalue weighted by atomic mass is 9.87. The first kappa shape index (κ1) is 33.6. The van der Waals surface area contributed by atoms with Crippen LogP contribution in [0, 0.1) is 29.3 Å². The maximum atomic E-state index is 15.3. The molecule has 3 aromatic rings. The smallest absolute Gasteiger partial charge is 0.192 e. The van der Waals surface area contributed by atoms with Crippen LogP contribution in [0.3, 0.4) is 0 Å². The average Bonchev–Trinajstić information content (AvgIpc) is 2.98. The number of halogens is 3. The van der Waals surface area contributed by atoms with Gasteiger partial charge in [0.25, 0.3) is 0 Å². The van der Waals surface area contributed by atoms with Crippen LogP contribution in [0.1, 0.15) is 70.2 Å². The fraction of sp³-hybridized carbons (Fsp3) is 0.556. The molecule has 2 aliphatic heterocycles. The topological polar surface area (TPSA) is 47.5 Å². The van der Waals surface area contributed by atoms with Crippen molar-refractivity contribution in [2.45, 2.75) is 90.5 Å². The molecule has 0 N–H and O–H groups in total. The number of anilines is 1. The lowest BCUT2D eigenvalue weighted by Crippen LogP contribution is -2.54. The summed E-state index contributed by atoms with van der Waals surface area (Å²) in [6.45, 7) is 18.9. The minimum atomic E-state index is -1.90. The minimum Gasteiger partial charge on any atom is -0.413 e. The summed E-state index contributed by atoms with van der Waals surface area (Å²) in [4.78, 5) is 11.2. The molecule has 2 aromatic heterocycles. The van der Waals surface area contributed by atoms with E-state index >= 15 is 8.78 Å². The number of benzene rings is 1. The van der Waals surface area contributed by atoms with Gasteiger partial charge in [-0.05, 0) is 103 Å². The van der Waals surface area contributed by atoms with Crippen LogP contribution in [0.4, 0.5) is 18.9 Å². The quantitative estimate of drug-likeness (QED) is 0.231. The lowest BCUT2D eigenvalue weighted by molar-refractivity contribution is 0.0627. The summed E-state index contributed by atoms with van der Waals surface area (Å²) >= 11 is 0. The third kappa shape index (κ3) is 7.47. The number of aryl methyl sites for hydroxylation is 2. The molecule has 9 heteroatoms. The van der Waals surface area contributed by atoms with Crippen LogP contribution >= 0.6 is 0 Å². The third-order valence-corrected chi connectivity index (χ3v) is 14.6. The van der Waals surface area contributed by atoms with Crippen LogP contribution in [0.5, 0.6) is 0 Å². The van der Waals surface area contributed by atoms with Crippen LogP contribution in [0.15, 0.2) is 42.7 Å². The number of hydrogen-bond acceptors (Lipinski definition) is 5. The monoisotopic (exact) mass is 639 g/mol. The Balaban J connectivity index is 1.31. The number of ether oxygens (including phenoxy) is 1. The normalized spacial score (nSPS) is 21.7. The Bertz CT molecular complexity index is 1450. The van der Waals surface area contributed by atoms with E-state index < -0.39 is 31.3 Å². The van der Waals surface area contributed by atoms with Gasteiger partial charge in [-0.15, -0.1) is 0 Å². The third-order valence-electron chi connectivity index (χ3n) is 10.1. The van der Waals surface area contributed by atoms with Gasteiger partial charge in [0.2, 0.25) is 0 Å². The Morgan fingerprint density at radius 1 is 0.933 bits per heavy atom. The van der Waals surface area contributed by atoms with E-state index in [2.05, 4.69) is 68.6 Å². The van der Waals surface area contributed by atoms with Crippen molar-refractivity contribution >= 4 is 14.0 Å². The molecule has 0 amide bonds. The SMILES string of the molecule is C[C@@H]1CN(c2ccncc2CCc2ccc(F)c(-c3c(F)cc(C4CCOCC4)cc3F)n2)C[C@H](C)C1O[Si](C)(C)C(C)(C)C. The molecule has 2 saturated heterocycles. The van der Waals surface area contributed by atoms with Gasteiger partial charge in [0, 0.05) is 50.1 Å². The van der Waals surface area contributed by atoms with Crippen LogP contribution in [-0.2, 0) is 22.0 Å². The second-order valence-electron chi connectivity index (χ2n) is 14.6.